The third-order valence-corrected chi connectivity index (χ3v) is 10.9. The molecule has 0 atom stereocenters. The summed E-state index contributed by atoms with van der Waals surface area (Å²) in [6.45, 7) is 0. The zero-order valence-corrected chi connectivity index (χ0v) is 29.9. The minimum Gasteiger partial charge on any atom is -0.310 e. The van der Waals surface area contributed by atoms with Gasteiger partial charge in [0.15, 0.2) is 0 Å². The molecule has 1 aliphatic carbocycles. The average Bonchev–Trinajstić information content (AvgIpc) is 3.59. The highest BCUT2D eigenvalue weighted by Crippen LogP contribution is 2.41. The molecular weight excluding hydrogens is 653 g/mol. The summed E-state index contributed by atoms with van der Waals surface area (Å²) in [5.74, 6) is 0. The molecule has 1 heterocycles. The van der Waals surface area contributed by atoms with Gasteiger partial charge in [0.05, 0.1) is 16.7 Å². The molecule has 0 radical (unpaired) electrons. The summed E-state index contributed by atoms with van der Waals surface area (Å²) in [6, 6.07) is 70.5. The fraction of sp³-hybridized carbons (Fsp3) is 0.0385. The number of allylic oxidation sites excluding steroid dienone is 1. The average molecular weight is 691 g/mol. The number of rotatable bonds is 7. The van der Waals surface area contributed by atoms with Crippen molar-refractivity contribution in [1.29, 1.82) is 0 Å². The fourth-order valence-electron chi connectivity index (χ4n) is 8.17. The number of hydrogen-bond donors (Lipinski definition) is 0. The number of para-hydroxylation sites is 2. The van der Waals surface area contributed by atoms with E-state index < -0.39 is 0 Å². The smallest absolute Gasteiger partial charge is 0.0541 e. The van der Waals surface area contributed by atoms with Crippen molar-refractivity contribution in [3.05, 3.63) is 211 Å². The highest BCUT2D eigenvalue weighted by atomic mass is 15.1. The van der Waals surface area contributed by atoms with Gasteiger partial charge in [-0.15, -0.1) is 0 Å². The maximum absolute atomic E-state index is 2.41. The van der Waals surface area contributed by atoms with E-state index in [1.54, 1.807) is 0 Å². The lowest BCUT2D eigenvalue weighted by molar-refractivity contribution is 0.984. The maximum Gasteiger partial charge on any atom is 0.0541 e. The summed E-state index contributed by atoms with van der Waals surface area (Å²) in [7, 11) is 0. The van der Waals surface area contributed by atoms with Crippen LogP contribution in [-0.4, -0.2) is 4.57 Å². The van der Waals surface area contributed by atoms with Crippen LogP contribution in [-0.2, 0) is 6.42 Å². The lowest BCUT2D eigenvalue weighted by atomic mass is 9.94. The largest absolute Gasteiger partial charge is 0.310 e. The van der Waals surface area contributed by atoms with E-state index in [0.717, 1.165) is 29.9 Å². The summed E-state index contributed by atoms with van der Waals surface area (Å²) >= 11 is 0. The second-order valence-corrected chi connectivity index (χ2v) is 14.1. The van der Waals surface area contributed by atoms with E-state index in [1.165, 1.54) is 72.0 Å². The van der Waals surface area contributed by atoms with Crippen molar-refractivity contribution < 1.29 is 0 Å². The second kappa shape index (κ2) is 13.6. The molecule has 1 aromatic heterocycles. The lowest BCUT2D eigenvalue weighted by Crippen LogP contribution is -2.13. The van der Waals surface area contributed by atoms with E-state index in [0.29, 0.717) is 0 Å². The van der Waals surface area contributed by atoms with Gasteiger partial charge in [0.1, 0.15) is 0 Å². The van der Waals surface area contributed by atoms with Crippen LogP contribution in [0, 0.1) is 0 Å². The highest BCUT2D eigenvalue weighted by molar-refractivity contribution is 6.09. The van der Waals surface area contributed by atoms with Crippen molar-refractivity contribution in [2.45, 2.75) is 12.8 Å². The van der Waals surface area contributed by atoms with Crippen LogP contribution < -0.4 is 4.90 Å². The summed E-state index contributed by atoms with van der Waals surface area (Å²) in [5.41, 5.74) is 17.0. The zero-order valence-electron chi connectivity index (χ0n) is 29.9. The number of benzene rings is 8. The zero-order chi connectivity index (χ0) is 35.8. The van der Waals surface area contributed by atoms with Gasteiger partial charge in [-0.05, 0) is 106 Å². The number of aromatic nitrogens is 1. The molecule has 0 spiro atoms. The summed E-state index contributed by atoms with van der Waals surface area (Å²) in [5, 5.41) is 2.55. The Morgan fingerprint density at radius 1 is 0.389 bits per heavy atom. The molecule has 0 saturated carbocycles. The molecule has 10 rings (SSSR count). The molecule has 2 nitrogen and oxygen atoms in total. The van der Waals surface area contributed by atoms with Crippen LogP contribution in [0.4, 0.5) is 17.1 Å². The topological polar surface area (TPSA) is 8.17 Å². The molecule has 8 aromatic carbocycles. The Hall–Kier alpha value is -6.90. The third kappa shape index (κ3) is 5.70. The van der Waals surface area contributed by atoms with Crippen molar-refractivity contribution in [1.82, 2.24) is 4.57 Å². The van der Waals surface area contributed by atoms with Gasteiger partial charge in [0.2, 0.25) is 0 Å². The van der Waals surface area contributed by atoms with Gasteiger partial charge in [0.25, 0.3) is 0 Å². The molecule has 1 aliphatic rings. The van der Waals surface area contributed by atoms with Crippen LogP contribution >= 0.6 is 0 Å². The molecular formula is C52H38N2. The number of hydrogen-bond acceptors (Lipinski definition) is 1. The number of anilines is 3. The quantitative estimate of drug-likeness (QED) is 0.162. The van der Waals surface area contributed by atoms with E-state index in [9.17, 15) is 0 Å². The first-order valence-corrected chi connectivity index (χ1v) is 18.8. The maximum atomic E-state index is 2.41. The molecule has 256 valence electrons. The third-order valence-electron chi connectivity index (χ3n) is 10.9. The molecule has 54 heavy (non-hydrogen) atoms. The predicted molar refractivity (Wildman–Crippen MR) is 229 cm³/mol. The monoisotopic (exact) mass is 690 g/mol. The van der Waals surface area contributed by atoms with Crippen LogP contribution in [0.1, 0.15) is 17.5 Å². The van der Waals surface area contributed by atoms with Crippen molar-refractivity contribution >= 4 is 44.9 Å². The molecule has 9 aromatic rings. The van der Waals surface area contributed by atoms with Crippen LogP contribution in [0.25, 0.3) is 66.9 Å². The Kier molecular flexibility index (Phi) is 8.00. The molecule has 0 saturated heterocycles. The Morgan fingerprint density at radius 3 is 1.41 bits per heavy atom. The van der Waals surface area contributed by atoms with Crippen LogP contribution in [0.3, 0.4) is 0 Å². The first-order chi connectivity index (χ1) is 26.8. The number of aryl methyl sites for hydroxylation is 1. The minimum atomic E-state index is 1.06. The molecule has 0 fully saturated rings. The van der Waals surface area contributed by atoms with Gasteiger partial charge in [-0.2, -0.15) is 0 Å². The van der Waals surface area contributed by atoms with Crippen molar-refractivity contribution in [3.63, 3.8) is 0 Å². The molecule has 2 heteroatoms. The van der Waals surface area contributed by atoms with Gasteiger partial charge < -0.3 is 9.47 Å². The van der Waals surface area contributed by atoms with Crippen molar-refractivity contribution in [2.24, 2.45) is 0 Å². The van der Waals surface area contributed by atoms with Gasteiger partial charge in [-0.25, -0.2) is 0 Å². The second-order valence-electron chi connectivity index (χ2n) is 14.1. The van der Waals surface area contributed by atoms with E-state index in [1.807, 2.05) is 0 Å². The summed E-state index contributed by atoms with van der Waals surface area (Å²) in [6.07, 6.45) is 6.75. The van der Waals surface area contributed by atoms with E-state index in [2.05, 4.69) is 216 Å². The van der Waals surface area contributed by atoms with Crippen molar-refractivity contribution in [3.8, 4) is 39.1 Å². The molecule has 0 aliphatic heterocycles. The fourth-order valence-corrected chi connectivity index (χ4v) is 8.17. The Morgan fingerprint density at radius 2 is 0.852 bits per heavy atom. The van der Waals surface area contributed by atoms with Crippen LogP contribution in [0.15, 0.2) is 200 Å². The van der Waals surface area contributed by atoms with E-state index in [4.69, 9.17) is 0 Å². The molecule has 0 bridgehead atoms. The Labute approximate surface area is 316 Å². The highest BCUT2D eigenvalue weighted by Gasteiger charge is 2.19. The summed E-state index contributed by atoms with van der Waals surface area (Å²) in [4.78, 5) is 2.41. The molecule has 0 N–H and O–H groups in total. The number of fused-ring (bicyclic) bond motifs is 4. The van der Waals surface area contributed by atoms with E-state index in [-0.39, 0.29) is 0 Å². The minimum absolute atomic E-state index is 1.06. The first kappa shape index (κ1) is 31.8. The summed E-state index contributed by atoms with van der Waals surface area (Å²) < 4.78 is 2.37. The van der Waals surface area contributed by atoms with Gasteiger partial charge >= 0.3 is 0 Å². The number of nitrogens with zero attached hydrogens (tertiary/aromatic N) is 2. The van der Waals surface area contributed by atoms with E-state index >= 15 is 0 Å². The Balaban J connectivity index is 0.982. The molecule has 0 unspecified atom stereocenters. The predicted octanol–water partition coefficient (Wildman–Crippen LogP) is 14.2. The normalized spacial score (nSPS) is 12.2. The standard InChI is InChI=1S/C52H38N2/c1-2-11-37(12-3-1)38-21-23-39(24-22-38)40-25-31-44(32-26-40)53(50-20-10-14-43-13-4-5-15-47(43)50)45-33-27-41(28-34-45)42-29-35-46(36-30-42)54-51-18-8-6-16-48(51)49-17-7-9-19-52(49)54/h1-3,5-12,14-36H,4,13H2. The van der Waals surface area contributed by atoms with Crippen molar-refractivity contribution in [2.75, 3.05) is 4.90 Å². The van der Waals surface area contributed by atoms with Gasteiger partial charge in [-0.1, -0.05) is 152 Å². The lowest BCUT2D eigenvalue weighted by Gasteiger charge is -2.29. The first-order valence-electron chi connectivity index (χ1n) is 18.8. The van der Waals surface area contributed by atoms with Crippen LogP contribution in [0.5, 0.6) is 0 Å². The van der Waals surface area contributed by atoms with Crippen LogP contribution in [0.2, 0.25) is 0 Å². The molecule has 0 amide bonds. The SMILES string of the molecule is C1=Cc2c(cccc2N(c2ccc(-c3ccc(-c4ccccc4)cc3)cc2)c2ccc(-c3ccc(-n4c5ccccc5c5ccccc54)cc3)cc2)CC1. The van der Waals surface area contributed by atoms with Gasteiger partial charge in [-0.3, -0.25) is 0 Å². The Bertz CT molecular complexity index is 2720. The van der Waals surface area contributed by atoms with Gasteiger partial charge in [0, 0.05) is 33.4 Å².